The number of hydrogen-bond donors (Lipinski definition) is 2. The summed E-state index contributed by atoms with van der Waals surface area (Å²) in [5.74, 6) is -1.19. The van der Waals surface area contributed by atoms with E-state index in [0.29, 0.717) is 12.8 Å². The summed E-state index contributed by atoms with van der Waals surface area (Å²) in [7, 11) is 0. The predicted molar refractivity (Wildman–Crippen MR) is 92.6 cm³/mol. The molecule has 24 heavy (non-hydrogen) atoms. The molecule has 130 valence electrons. The minimum Gasteiger partial charge on any atom is -0.481 e. The minimum absolute atomic E-state index is 0.0683. The van der Waals surface area contributed by atoms with Gasteiger partial charge in [-0.15, -0.1) is 0 Å². The summed E-state index contributed by atoms with van der Waals surface area (Å²) in [6, 6.07) is 10.3. The van der Waals surface area contributed by atoms with Crippen LogP contribution in [0.4, 0.5) is 0 Å². The molecule has 4 heteroatoms. The van der Waals surface area contributed by atoms with Crippen LogP contribution in [0.2, 0.25) is 0 Å². The number of aliphatic carboxylic acids is 1. The molecule has 2 aliphatic carbocycles. The van der Waals surface area contributed by atoms with E-state index < -0.39 is 5.97 Å². The van der Waals surface area contributed by atoms with Crippen molar-refractivity contribution >= 4 is 11.9 Å². The maximum Gasteiger partial charge on any atom is 0.306 e. The summed E-state index contributed by atoms with van der Waals surface area (Å²) in [5, 5.41) is 12.6. The summed E-state index contributed by atoms with van der Waals surface area (Å²) >= 11 is 0. The van der Waals surface area contributed by atoms with Gasteiger partial charge in [0, 0.05) is 11.5 Å². The predicted octanol–water partition coefficient (Wildman–Crippen LogP) is 3.55. The summed E-state index contributed by atoms with van der Waals surface area (Å²) in [4.78, 5) is 24.1. The second-order valence-corrected chi connectivity index (χ2v) is 7.54. The summed E-state index contributed by atoms with van der Waals surface area (Å²) in [6.07, 6.45) is 8.04. The van der Waals surface area contributed by atoms with E-state index in [9.17, 15) is 14.7 Å². The monoisotopic (exact) mass is 329 g/mol. The highest BCUT2D eigenvalue weighted by Gasteiger charge is 2.38. The van der Waals surface area contributed by atoms with E-state index in [-0.39, 0.29) is 23.3 Å². The fraction of sp³-hybridized carbons (Fsp3) is 0.600. The van der Waals surface area contributed by atoms with Crippen molar-refractivity contribution in [2.45, 2.75) is 63.3 Å². The fourth-order valence-electron chi connectivity index (χ4n) is 4.40. The van der Waals surface area contributed by atoms with Crippen LogP contribution in [0, 0.1) is 11.8 Å². The van der Waals surface area contributed by atoms with Crippen LogP contribution in [0.15, 0.2) is 30.3 Å². The van der Waals surface area contributed by atoms with Gasteiger partial charge in [-0.1, -0.05) is 49.6 Å². The third-order valence-corrected chi connectivity index (χ3v) is 5.73. The molecule has 2 atom stereocenters. The fourth-order valence-corrected chi connectivity index (χ4v) is 4.40. The molecule has 0 aromatic heterocycles. The highest BCUT2D eigenvalue weighted by Crippen LogP contribution is 2.35. The average Bonchev–Trinajstić information content (AvgIpc) is 3.04. The Morgan fingerprint density at radius 3 is 2.38 bits per heavy atom. The Morgan fingerprint density at radius 1 is 1.04 bits per heavy atom. The largest absolute Gasteiger partial charge is 0.481 e. The van der Waals surface area contributed by atoms with Crippen molar-refractivity contribution in [3.8, 4) is 0 Å². The highest BCUT2D eigenvalue weighted by atomic mass is 16.4. The first-order valence-corrected chi connectivity index (χ1v) is 9.17. The Morgan fingerprint density at radius 2 is 1.71 bits per heavy atom. The number of carboxylic acids is 1. The zero-order chi connectivity index (χ0) is 17.0. The number of rotatable bonds is 5. The molecule has 0 spiro atoms. The van der Waals surface area contributed by atoms with Crippen LogP contribution in [-0.4, -0.2) is 22.5 Å². The third-order valence-electron chi connectivity index (χ3n) is 5.73. The molecule has 0 saturated heterocycles. The number of carboxylic acid groups (broad SMARTS) is 1. The number of benzene rings is 1. The maximum absolute atomic E-state index is 12.8. The smallest absolute Gasteiger partial charge is 0.306 e. The SMILES string of the molecule is O=C(O)C1CCCC(C(=O)NC2(Cc3ccccc3)CCCC2)C1. The molecule has 2 aliphatic rings. The van der Waals surface area contributed by atoms with Gasteiger partial charge in [0.2, 0.25) is 5.91 Å². The highest BCUT2D eigenvalue weighted by molar-refractivity contribution is 5.81. The number of carbonyl (C=O) groups is 2. The molecule has 1 aromatic carbocycles. The van der Waals surface area contributed by atoms with Crippen molar-refractivity contribution in [3.05, 3.63) is 35.9 Å². The standard InChI is InChI=1S/C20H27NO3/c22-18(16-9-6-10-17(13-16)19(23)24)21-20(11-4-5-12-20)14-15-7-2-1-3-8-15/h1-3,7-8,16-17H,4-6,9-14H2,(H,21,22)(H,23,24). The second-order valence-electron chi connectivity index (χ2n) is 7.54. The van der Waals surface area contributed by atoms with E-state index in [1.165, 1.54) is 5.56 Å². The Bertz CT molecular complexity index is 578. The van der Waals surface area contributed by atoms with Gasteiger partial charge in [-0.25, -0.2) is 0 Å². The van der Waals surface area contributed by atoms with Crippen molar-refractivity contribution in [3.63, 3.8) is 0 Å². The lowest BCUT2D eigenvalue weighted by molar-refractivity contribution is -0.144. The van der Waals surface area contributed by atoms with Gasteiger partial charge in [-0.05, 0) is 44.1 Å². The van der Waals surface area contributed by atoms with Crippen molar-refractivity contribution in [2.24, 2.45) is 11.8 Å². The molecule has 1 amide bonds. The third kappa shape index (κ3) is 3.97. The van der Waals surface area contributed by atoms with Crippen molar-refractivity contribution in [1.82, 2.24) is 5.32 Å². The van der Waals surface area contributed by atoms with E-state index in [0.717, 1.165) is 44.9 Å². The first kappa shape index (κ1) is 17.0. The molecule has 2 saturated carbocycles. The molecular formula is C20H27NO3. The molecule has 0 bridgehead atoms. The van der Waals surface area contributed by atoms with Gasteiger partial charge in [-0.3, -0.25) is 9.59 Å². The van der Waals surface area contributed by atoms with Gasteiger partial charge in [-0.2, -0.15) is 0 Å². The van der Waals surface area contributed by atoms with Crippen LogP contribution in [0.25, 0.3) is 0 Å². The van der Waals surface area contributed by atoms with Crippen molar-refractivity contribution < 1.29 is 14.7 Å². The first-order chi connectivity index (χ1) is 11.6. The van der Waals surface area contributed by atoms with Gasteiger partial charge >= 0.3 is 5.97 Å². The quantitative estimate of drug-likeness (QED) is 0.868. The zero-order valence-electron chi connectivity index (χ0n) is 14.2. The maximum atomic E-state index is 12.8. The molecule has 2 fully saturated rings. The summed E-state index contributed by atoms with van der Waals surface area (Å²) < 4.78 is 0. The first-order valence-electron chi connectivity index (χ1n) is 9.17. The average molecular weight is 329 g/mol. The topological polar surface area (TPSA) is 66.4 Å². The van der Waals surface area contributed by atoms with Gasteiger partial charge in [0.15, 0.2) is 0 Å². The number of nitrogens with one attached hydrogen (secondary N) is 1. The lowest BCUT2D eigenvalue weighted by atomic mass is 9.80. The molecule has 3 rings (SSSR count). The Hall–Kier alpha value is -1.84. The Balaban J connectivity index is 1.67. The molecule has 4 nitrogen and oxygen atoms in total. The molecule has 1 aromatic rings. The molecular weight excluding hydrogens is 302 g/mol. The molecule has 0 heterocycles. The number of carbonyl (C=O) groups excluding carboxylic acids is 1. The van der Waals surface area contributed by atoms with E-state index >= 15 is 0 Å². The molecule has 0 aliphatic heterocycles. The molecule has 2 unspecified atom stereocenters. The zero-order valence-corrected chi connectivity index (χ0v) is 14.2. The lowest BCUT2D eigenvalue weighted by Crippen LogP contribution is -2.50. The van der Waals surface area contributed by atoms with Crippen LogP contribution in [-0.2, 0) is 16.0 Å². The van der Waals surface area contributed by atoms with Crippen LogP contribution in [0.1, 0.15) is 56.9 Å². The van der Waals surface area contributed by atoms with E-state index in [2.05, 4.69) is 17.4 Å². The Labute approximate surface area is 143 Å². The minimum atomic E-state index is -0.757. The van der Waals surface area contributed by atoms with Gasteiger partial charge in [0.25, 0.3) is 0 Å². The van der Waals surface area contributed by atoms with E-state index in [1.807, 2.05) is 18.2 Å². The van der Waals surface area contributed by atoms with Crippen molar-refractivity contribution in [2.75, 3.05) is 0 Å². The normalized spacial score (nSPS) is 26.0. The summed E-state index contributed by atoms with van der Waals surface area (Å²) in [5.41, 5.74) is 1.11. The number of amides is 1. The summed E-state index contributed by atoms with van der Waals surface area (Å²) in [6.45, 7) is 0. The van der Waals surface area contributed by atoms with E-state index in [4.69, 9.17) is 0 Å². The van der Waals surface area contributed by atoms with Gasteiger partial charge in [0.1, 0.15) is 0 Å². The number of hydrogen-bond acceptors (Lipinski definition) is 2. The molecule has 0 radical (unpaired) electrons. The van der Waals surface area contributed by atoms with Gasteiger partial charge < -0.3 is 10.4 Å². The van der Waals surface area contributed by atoms with Crippen LogP contribution in [0.5, 0.6) is 0 Å². The van der Waals surface area contributed by atoms with Crippen LogP contribution in [0.3, 0.4) is 0 Å². The lowest BCUT2D eigenvalue weighted by Gasteiger charge is -2.34. The second kappa shape index (κ2) is 7.37. The molecule has 2 N–H and O–H groups in total. The van der Waals surface area contributed by atoms with Crippen molar-refractivity contribution in [1.29, 1.82) is 0 Å². The van der Waals surface area contributed by atoms with Crippen LogP contribution < -0.4 is 5.32 Å². The van der Waals surface area contributed by atoms with Crippen LogP contribution >= 0.6 is 0 Å². The van der Waals surface area contributed by atoms with Gasteiger partial charge in [0.05, 0.1) is 5.92 Å². The Kier molecular flexibility index (Phi) is 5.22. The van der Waals surface area contributed by atoms with E-state index in [1.54, 1.807) is 0 Å².